The van der Waals surface area contributed by atoms with Crippen molar-refractivity contribution in [1.29, 1.82) is 0 Å². The van der Waals surface area contributed by atoms with Gasteiger partial charge in [-0.05, 0) is 24.0 Å². The van der Waals surface area contributed by atoms with Crippen molar-refractivity contribution in [2.75, 3.05) is 0 Å². The number of hydrogen-bond acceptors (Lipinski definition) is 3. The number of hydrogen-bond donors (Lipinski definition) is 0. The SMILES string of the molecule is C[C@@]12CCC[C@@H](C1=O)C(c1ccccc1)N(N=O)C2c1ccccc1. The van der Waals surface area contributed by atoms with Crippen molar-refractivity contribution < 1.29 is 4.79 Å². The van der Waals surface area contributed by atoms with Gasteiger partial charge < -0.3 is 0 Å². The number of ketones is 1. The maximum Gasteiger partial charge on any atom is 0.146 e. The molecule has 0 amide bonds. The van der Waals surface area contributed by atoms with Gasteiger partial charge in [0.2, 0.25) is 0 Å². The normalized spacial score (nSPS) is 31.6. The quantitative estimate of drug-likeness (QED) is 0.755. The van der Waals surface area contributed by atoms with Gasteiger partial charge in [0.1, 0.15) is 5.78 Å². The van der Waals surface area contributed by atoms with Crippen LogP contribution in [0.3, 0.4) is 0 Å². The van der Waals surface area contributed by atoms with E-state index in [0.717, 1.165) is 30.4 Å². The molecule has 1 aliphatic carbocycles. The van der Waals surface area contributed by atoms with Crippen LogP contribution in [0.25, 0.3) is 0 Å². The average molecular weight is 334 g/mol. The van der Waals surface area contributed by atoms with E-state index in [1.807, 2.05) is 67.6 Å². The number of piperidine rings is 1. The van der Waals surface area contributed by atoms with Crippen LogP contribution in [0.4, 0.5) is 0 Å². The van der Waals surface area contributed by atoms with Crippen LogP contribution in [0, 0.1) is 16.2 Å². The lowest BCUT2D eigenvalue weighted by molar-refractivity contribution is -0.157. The van der Waals surface area contributed by atoms with Gasteiger partial charge in [0.05, 0.1) is 22.8 Å². The summed E-state index contributed by atoms with van der Waals surface area (Å²) in [6.45, 7) is 2.01. The summed E-state index contributed by atoms with van der Waals surface area (Å²) in [4.78, 5) is 25.4. The fourth-order valence-electron chi connectivity index (χ4n) is 4.87. The molecule has 2 bridgehead atoms. The molecule has 0 radical (unpaired) electrons. The first kappa shape index (κ1) is 16.0. The van der Waals surface area contributed by atoms with Crippen molar-refractivity contribution in [3.8, 4) is 0 Å². The summed E-state index contributed by atoms with van der Waals surface area (Å²) in [5.41, 5.74) is 1.41. The molecule has 4 nitrogen and oxygen atoms in total. The minimum atomic E-state index is -0.566. The highest BCUT2D eigenvalue weighted by molar-refractivity contribution is 5.90. The predicted octanol–water partition coefficient (Wildman–Crippen LogP) is 4.84. The lowest BCUT2D eigenvalue weighted by Gasteiger charge is -2.54. The summed E-state index contributed by atoms with van der Waals surface area (Å²) in [6, 6.07) is 19.1. The molecule has 2 unspecified atom stereocenters. The van der Waals surface area contributed by atoms with Gasteiger partial charge in [-0.3, -0.25) is 4.79 Å². The molecule has 1 aliphatic heterocycles. The summed E-state index contributed by atoms with van der Waals surface area (Å²) < 4.78 is 0. The van der Waals surface area contributed by atoms with Gasteiger partial charge in [0.15, 0.2) is 0 Å². The molecule has 1 saturated carbocycles. The monoisotopic (exact) mass is 334 g/mol. The molecule has 1 heterocycles. The lowest BCUT2D eigenvalue weighted by atomic mass is 9.58. The Morgan fingerprint density at radius 1 is 1.00 bits per heavy atom. The summed E-state index contributed by atoms with van der Waals surface area (Å²) in [7, 11) is 0. The van der Waals surface area contributed by atoms with E-state index in [9.17, 15) is 9.70 Å². The van der Waals surface area contributed by atoms with Crippen molar-refractivity contribution in [3.05, 3.63) is 76.7 Å². The Morgan fingerprint density at radius 2 is 1.60 bits per heavy atom. The maximum absolute atomic E-state index is 13.4. The summed E-state index contributed by atoms with van der Waals surface area (Å²) in [5.74, 6) is 0.111. The van der Waals surface area contributed by atoms with E-state index >= 15 is 0 Å². The summed E-state index contributed by atoms with van der Waals surface area (Å²) >= 11 is 0. The molecule has 2 aliphatic rings. The third-order valence-corrected chi connectivity index (χ3v) is 6.00. The number of fused-ring (bicyclic) bond motifs is 2. The maximum atomic E-state index is 13.4. The second-order valence-electron chi connectivity index (χ2n) is 7.41. The van der Waals surface area contributed by atoms with E-state index in [4.69, 9.17) is 0 Å². The molecule has 0 N–H and O–H groups in total. The third-order valence-electron chi connectivity index (χ3n) is 6.00. The van der Waals surface area contributed by atoms with E-state index < -0.39 is 5.41 Å². The van der Waals surface area contributed by atoms with Crippen molar-refractivity contribution >= 4 is 5.78 Å². The van der Waals surface area contributed by atoms with Gasteiger partial charge in [-0.2, -0.15) is 0 Å². The zero-order valence-electron chi connectivity index (χ0n) is 14.3. The minimum Gasteiger partial charge on any atom is -0.299 e. The Bertz CT molecular complexity index is 777. The highest BCUT2D eigenvalue weighted by Gasteiger charge is 2.58. The summed E-state index contributed by atoms with van der Waals surface area (Å²) in [6.07, 6.45) is 2.63. The minimum absolute atomic E-state index is 0.168. The van der Waals surface area contributed by atoms with Crippen molar-refractivity contribution in [2.45, 2.75) is 38.3 Å². The Balaban J connectivity index is 1.89. The number of rotatable bonds is 3. The zero-order chi connectivity index (χ0) is 17.4. The van der Waals surface area contributed by atoms with Crippen LogP contribution in [0.5, 0.6) is 0 Å². The molecule has 4 heteroatoms. The molecule has 4 rings (SSSR count). The van der Waals surface area contributed by atoms with Gasteiger partial charge in [-0.15, -0.1) is 4.91 Å². The van der Waals surface area contributed by atoms with Gasteiger partial charge in [0.25, 0.3) is 0 Å². The molecular formula is C21H22N2O2. The first-order valence-electron chi connectivity index (χ1n) is 8.92. The Kier molecular flexibility index (Phi) is 3.91. The van der Waals surface area contributed by atoms with E-state index in [0.29, 0.717) is 0 Å². The number of carbonyl (C=O) groups is 1. The van der Waals surface area contributed by atoms with Gasteiger partial charge >= 0.3 is 0 Å². The molecular weight excluding hydrogens is 312 g/mol. The average Bonchev–Trinajstić information content (AvgIpc) is 2.65. The Morgan fingerprint density at radius 3 is 2.20 bits per heavy atom. The van der Waals surface area contributed by atoms with Crippen molar-refractivity contribution in [3.63, 3.8) is 0 Å². The second-order valence-corrected chi connectivity index (χ2v) is 7.41. The van der Waals surface area contributed by atoms with E-state index in [1.165, 1.54) is 0 Å². The van der Waals surface area contributed by atoms with Gasteiger partial charge in [-0.25, -0.2) is 5.01 Å². The molecule has 0 spiro atoms. The smallest absolute Gasteiger partial charge is 0.146 e. The molecule has 25 heavy (non-hydrogen) atoms. The van der Waals surface area contributed by atoms with Crippen LogP contribution in [0.1, 0.15) is 49.4 Å². The Labute approximate surface area is 147 Å². The molecule has 0 aromatic heterocycles. The fraction of sp³-hybridized carbons (Fsp3) is 0.381. The van der Waals surface area contributed by atoms with Crippen molar-refractivity contribution in [2.24, 2.45) is 16.6 Å². The fourth-order valence-corrected chi connectivity index (χ4v) is 4.87. The van der Waals surface area contributed by atoms with Gasteiger partial charge in [-0.1, -0.05) is 74.0 Å². The molecule has 2 aromatic carbocycles. The van der Waals surface area contributed by atoms with Gasteiger partial charge in [0, 0.05) is 5.92 Å². The zero-order valence-corrected chi connectivity index (χ0v) is 14.3. The van der Waals surface area contributed by atoms with E-state index in [-0.39, 0.29) is 23.8 Å². The Hall–Kier alpha value is -2.49. The van der Waals surface area contributed by atoms with Crippen LogP contribution < -0.4 is 0 Å². The van der Waals surface area contributed by atoms with Crippen LogP contribution >= 0.6 is 0 Å². The predicted molar refractivity (Wildman–Crippen MR) is 96.5 cm³/mol. The third kappa shape index (κ3) is 2.39. The van der Waals surface area contributed by atoms with Crippen LogP contribution in [0.2, 0.25) is 0 Å². The molecule has 2 aromatic rings. The second kappa shape index (κ2) is 6.10. The number of nitrogens with zero attached hydrogens (tertiary/aromatic N) is 2. The lowest BCUT2D eigenvalue weighted by Crippen LogP contribution is -2.56. The van der Waals surface area contributed by atoms with Crippen molar-refractivity contribution in [1.82, 2.24) is 5.01 Å². The first-order chi connectivity index (χ1) is 12.2. The summed E-state index contributed by atoms with van der Waals surface area (Å²) in [5, 5.41) is 5.12. The standard InChI is InChI=1S/C21H22N2O2/c1-21-14-8-13-17(20(21)24)18(15-9-4-2-5-10-15)23(22-25)19(21)16-11-6-3-7-12-16/h2-7,9-12,17-19H,8,13-14H2,1H3/t17-,18?,19?,21+/m1/s1. The molecule has 2 fully saturated rings. The largest absolute Gasteiger partial charge is 0.299 e. The first-order valence-corrected chi connectivity index (χ1v) is 8.92. The van der Waals surface area contributed by atoms with Crippen LogP contribution in [0.15, 0.2) is 65.9 Å². The molecule has 4 atom stereocenters. The number of carbonyl (C=O) groups excluding carboxylic acids is 1. The van der Waals surface area contributed by atoms with E-state index in [1.54, 1.807) is 5.01 Å². The van der Waals surface area contributed by atoms with Crippen LogP contribution in [-0.2, 0) is 4.79 Å². The number of nitroso groups, excluding NO2 is 1. The highest BCUT2D eigenvalue weighted by Crippen LogP contribution is 2.58. The van der Waals surface area contributed by atoms with Crippen LogP contribution in [-0.4, -0.2) is 10.8 Å². The number of Topliss-reactive ketones (excluding diaryl/α,β-unsaturated/α-hetero) is 1. The molecule has 1 saturated heterocycles. The van der Waals surface area contributed by atoms with E-state index in [2.05, 4.69) is 5.29 Å². The molecule has 128 valence electrons. The topological polar surface area (TPSA) is 49.7 Å². The highest BCUT2D eigenvalue weighted by atomic mass is 16.3. The number of benzene rings is 2.